The molecule has 1 N–H and O–H groups in total. The van der Waals surface area contributed by atoms with Gasteiger partial charge in [0.1, 0.15) is 9.88 Å². The third-order valence-electron chi connectivity index (χ3n) is 4.02. The molecule has 3 aromatic rings. The fourth-order valence-electron chi connectivity index (χ4n) is 2.43. The Morgan fingerprint density at radius 1 is 1.10 bits per heavy atom. The zero-order valence-corrected chi connectivity index (χ0v) is 17.2. The average molecular weight is 455 g/mol. The highest BCUT2D eigenvalue weighted by molar-refractivity contribution is 7.17. The number of aryl methyl sites for hydroxylation is 1. The van der Waals surface area contributed by atoms with E-state index in [9.17, 15) is 22.8 Å². The highest BCUT2D eigenvalue weighted by Gasteiger charge is 2.24. The summed E-state index contributed by atoms with van der Waals surface area (Å²) in [6.07, 6.45) is -1.33. The largest absolute Gasteiger partial charge is 0.448 e. The van der Waals surface area contributed by atoms with Gasteiger partial charge in [-0.1, -0.05) is 23.7 Å². The second-order valence-corrected chi connectivity index (χ2v) is 7.64. The second-order valence-electron chi connectivity index (χ2n) is 6.20. The van der Waals surface area contributed by atoms with Crippen LogP contribution in [-0.2, 0) is 9.53 Å². The predicted octanol–water partition coefficient (Wildman–Crippen LogP) is 5.37. The Labute approximate surface area is 178 Å². The van der Waals surface area contributed by atoms with E-state index < -0.39 is 41.1 Å². The summed E-state index contributed by atoms with van der Waals surface area (Å²) in [7, 11) is 0. The maximum atomic E-state index is 13.7. The number of halogens is 4. The molecule has 0 bridgehead atoms. The van der Waals surface area contributed by atoms with E-state index >= 15 is 0 Å². The molecule has 0 aliphatic heterocycles. The topological polar surface area (TPSA) is 68.3 Å². The van der Waals surface area contributed by atoms with Crippen molar-refractivity contribution in [1.82, 2.24) is 4.98 Å². The first-order chi connectivity index (χ1) is 14.2. The van der Waals surface area contributed by atoms with Gasteiger partial charge in [0, 0.05) is 10.6 Å². The van der Waals surface area contributed by atoms with Crippen LogP contribution in [0.2, 0.25) is 5.02 Å². The summed E-state index contributed by atoms with van der Waals surface area (Å²) in [5, 5.41) is 3.19. The number of nitrogens with one attached hydrogen (secondary N) is 1. The Balaban J connectivity index is 1.70. The molecule has 0 fully saturated rings. The Morgan fingerprint density at radius 2 is 1.77 bits per heavy atom. The van der Waals surface area contributed by atoms with Gasteiger partial charge in [-0.3, -0.25) is 4.79 Å². The summed E-state index contributed by atoms with van der Waals surface area (Å²) in [4.78, 5) is 29.2. The molecule has 30 heavy (non-hydrogen) atoms. The van der Waals surface area contributed by atoms with E-state index in [1.54, 1.807) is 31.2 Å². The van der Waals surface area contributed by atoms with Crippen LogP contribution in [0.1, 0.15) is 22.3 Å². The van der Waals surface area contributed by atoms with Gasteiger partial charge in [-0.2, -0.15) is 0 Å². The number of benzene rings is 2. The Bertz CT molecular complexity index is 1120. The molecule has 3 rings (SSSR count). The van der Waals surface area contributed by atoms with Gasteiger partial charge >= 0.3 is 5.97 Å². The van der Waals surface area contributed by atoms with Crippen LogP contribution < -0.4 is 5.32 Å². The van der Waals surface area contributed by atoms with Gasteiger partial charge in [-0.25, -0.2) is 22.9 Å². The Morgan fingerprint density at radius 3 is 2.43 bits per heavy atom. The van der Waals surface area contributed by atoms with E-state index in [2.05, 4.69) is 10.3 Å². The maximum Gasteiger partial charge on any atom is 0.351 e. The molecule has 0 saturated carbocycles. The summed E-state index contributed by atoms with van der Waals surface area (Å²) >= 11 is 6.94. The number of rotatable bonds is 5. The third kappa shape index (κ3) is 4.63. The summed E-state index contributed by atoms with van der Waals surface area (Å²) in [5.74, 6) is -6.35. The lowest BCUT2D eigenvalue weighted by molar-refractivity contribution is -0.123. The maximum absolute atomic E-state index is 13.7. The van der Waals surface area contributed by atoms with Gasteiger partial charge in [0.25, 0.3) is 5.91 Å². The highest BCUT2D eigenvalue weighted by atomic mass is 35.5. The molecule has 0 radical (unpaired) electrons. The minimum Gasteiger partial charge on any atom is -0.448 e. The molecule has 1 aromatic heterocycles. The molecule has 5 nitrogen and oxygen atoms in total. The molecule has 1 unspecified atom stereocenters. The van der Waals surface area contributed by atoms with E-state index in [4.69, 9.17) is 16.3 Å². The van der Waals surface area contributed by atoms with Crippen molar-refractivity contribution in [3.8, 4) is 10.6 Å². The fourth-order valence-corrected chi connectivity index (χ4v) is 3.51. The quantitative estimate of drug-likeness (QED) is 0.415. The number of carbonyl (C=O) groups excluding carboxylic acids is 2. The number of ether oxygens (including phenoxy) is 1. The van der Waals surface area contributed by atoms with Gasteiger partial charge in [-0.15, -0.1) is 11.3 Å². The van der Waals surface area contributed by atoms with E-state index in [1.807, 2.05) is 0 Å². The van der Waals surface area contributed by atoms with Crippen LogP contribution in [0.4, 0.5) is 18.9 Å². The fraction of sp³-hybridized carbons (Fsp3) is 0.150. The lowest BCUT2D eigenvalue weighted by Gasteiger charge is -2.13. The number of thiazole rings is 1. The average Bonchev–Trinajstić information content (AvgIpc) is 3.10. The second kappa shape index (κ2) is 8.85. The van der Waals surface area contributed by atoms with Crippen LogP contribution in [0.5, 0.6) is 0 Å². The molecule has 1 heterocycles. The minimum absolute atomic E-state index is 0.193. The first kappa shape index (κ1) is 21.8. The van der Waals surface area contributed by atoms with Crippen molar-refractivity contribution in [1.29, 1.82) is 0 Å². The van der Waals surface area contributed by atoms with Crippen LogP contribution >= 0.6 is 22.9 Å². The number of carbonyl (C=O) groups is 2. The van der Waals surface area contributed by atoms with E-state index in [1.165, 1.54) is 6.92 Å². The molecule has 2 aromatic carbocycles. The van der Waals surface area contributed by atoms with Crippen LogP contribution in [0, 0.1) is 24.4 Å². The molecular weight excluding hydrogens is 441 g/mol. The summed E-state index contributed by atoms with van der Waals surface area (Å²) < 4.78 is 45.1. The van der Waals surface area contributed by atoms with Crippen LogP contribution in [0.3, 0.4) is 0 Å². The first-order valence-electron chi connectivity index (χ1n) is 8.56. The number of aromatic nitrogens is 1. The predicted molar refractivity (Wildman–Crippen MR) is 107 cm³/mol. The highest BCUT2D eigenvalue weighted by Crippen LogP contribution is 2.29. The lowest BCUT2D eigenvalue weighted by Crippen LogP contribution is -2.30. The van der Waals surface area contributed by atoms with Crippen molar-refractivity contribution in [2.75, 3.05) is 5.32 Å². The van der Waals surface area contributed by atoms with Gasteiger partial charge in [-0.05, 0) is 38.1 Å². The molecule has 1 amide bonds. The molecule has 0 saturated heterocycles. The first-order valence-corrected chi connectivity index (χ1v) is 9.75. The summed E-state index contributed by atoms with van der Waals surface area (Å²) in [6, 6.07) is 8.42. The zero-order valence-electron chi connectivity index (χ0n) is 15.6. The Kier molecular flexibility index (Phi) is 6.42. The SMILES string of the molecule is Cc1nc(-c2ccc(Cl)cc2)sc1C(=O)OC(C)C(=O)Nc1ccc(F)c(F)c1F. The van der Waals surface area contributed by atoms with Gasteiger partial charge in [0.15, 0.2) is 23.6 Å². The lowest BCUT2D eigenvalue weighted by atomic mass is 10.2. The van der Waals surface area contributed by atoms with Gasteiger partial charge < -0.3 is 10.1 Å². The third-order valence-corrected chi connectivity index (χ3v) is 5.46. The van der Waals surface area contributed by atoms with Crippen molar-refractivity contribution in [2.24, 2.45) is 0 Å². The normalized spacial score (nSPS) is 11.8. The molecule has 0 aliphatic rings. The number of esters is 1. The smallest absolute Gasteiger partial charge is 0.351 e. The molecule has 0 aliphatic carbocycles. The number of nitrogens with zero attached hydrogens (tertiary/aromatic N) is 1. The standard InChI is InChI=1S/C20H14ClF3N2O3S/c1-9-17(30-19(25-9)11-3-5-12(21)6-4-11)20(28)29-10(2)18(27)26-14-8-7-13(22)15(23)16(14)24/h3-8,10H,1-2H3,(H,26,27). The van der Waals surface area contributed by atoms with Crippen LogP contribution in [0.15, 0.2) is 36.4 Å². The number of amides is 1. The van der Waals surface area contributed by atoms with Crippen molar-refractivity contribution < 1.29 is 27.5 Å². The van der Waals surface area contributed by atoms with Crippen molar-refractivity contribution >= 4 is 40.5 Å². The molecule has 0 spiro atoms. The molecule has 1 atom stereocenters. The summed E-state index contributed by atoms with van der Waals surface area (Å²) in [5.41, 5.74) is 0.598. The number of hydrogen-bond donors (Lipinski definition) is 1. The van der Waals surface area contributed by atoms with E-state index in [0.717, 1.165) is 23.0 Å². The van der Waals surface area contributed by atoms with Crippen molar-refractivity contribution in [3.05, 3.63) is 69.4 Å². The minimum atomic E-state index is -1.72. The molecular formula is C20H14ClF3N2O3S. The van der Waals surface area contributed by atoms with Crippen molar-refractivity contribution in [3.63, 3.8) is 0 Å². The van der Waals surface area contributed by atoms with Gasteiger partial charge in [0.2, 0.25) is 0 Å². The van der Waals surface area contributed by atoms with Crippen LogP contribution in [-0.4, -0.2) is 23.0 Å². The monoisotopic (exact) mass is 454 g/mol. The Hall–Kier alpha value is -2.91. The summed E-state index contributed by atoms with van der Waals surface area (Å²) in [6.45, 7) is 2.88. The zero-order chi connectivity index (χ0) is 22.0. The number of hydrogen-bond acceptors (Lipinski definition) is 5. The van der Waals surface area contributed by atoms with E-state index in [0.29, 0.717) is 21.8 Å². The molecule has 10 heteroatoms. The van der Waals surface area contributed by atoms with Crippen LogP contribution in [0.25, 0.3) is 10.6 Å². The molecule has 156 valence electrons. The van der Waals surface area contributed by atoms with Crippen molar-refractivity contribution in [2.45, 2.75) is 20.0 Å². The van der Waals surface area contributed by atoms with E-state index in [-0.39, 0.29) is 4.88 Å². The number of anilines is 1. The van der Waals surface area contributed by atoms with Gasteiger partial charge in [0.05, 0.1) is 11.4 Å².